The quantitative estimate of drug-likeness (QED) is 0.754. The Morgan fingerprint density at radius 1 is 0.643 bits per heavy atom. The van der Waals surface area contributed by atoms with E-state index in [-0.39, 0.29) is 33.3 Å². The molecule has 0 amide bonds. The van der Waals surface area contributed by atoms with Crippen LogP contribution in [0.4, 0.5) is 0 Å². The minimum atomic E-state index is -0.257. The molecular formula is C8H14Cl4N2. The van der Waals surface area contributed by atoms with E-state index in [9.17, 15) is 0 Å². The molecule has 0 spiro atoms. The molecule has 0 aromatic rings. The molecule has 0 aliphatic heterocycles. The van der Waals surface area contributed by atoms with Crippen molar-refractivity contribution < 1.29 is 0 Å². The average Bonchev–Trinajstić information content (AvgIpc) is 2.17. The molecule has 0 heterocycles. The van der Waals surface area contributed by atoms with Crippen molar-refractivity contribution >= 4 is 46.4 Å². The van der Waals surface area contributed by atoms with Gasteiger partial charge in [0, 0.05) is 11.8 Å². The van der Waals surface area contributed by atoms with Crippen LogP contribution in [-0.2, 0) is 0 Å². The maximum Gasteiger partial charge on any atom is 0.0558 e. The van der Waals surface area contributed by atoms with E-state index in [1.165, 1.54) is 0 Å². The Morgan fingerprint density at radius 2 is 0.857 bits per heavy atom. The van der Waals surface area contributed by atoms with Crippen molar-refractivity contribution in [1.82, 2.24) is 0 Å². The van der Waals surface area contributed by atoms with E-state index >= 15 is 0 Å². The minimum absolute atomic E-state index is 0.0499. The summed E-state index contributed by atoms with van der Waals surface area (Å²) in [5.74, 6) is -0.0998. The maximum absolute atomic E-state index is 6.16. The summed E-state index contributed by atoms with van der Waals surface area (Å²) in [5, 5.41) is -1.03. The van der Waals surface area contributed by atoms with E-state index < -0.39 is 0 Å². The van der Waals surface area contributed by atoms with Gasteiger partial charge in [0.05, 0.1) is 21.5 Å². The minimum Gasteiger partial charge on any atom is -0.330 e. The predicted molar refractivity (Wildman–Crippen MR) is 63.7 cm³/mol. The van der Waals surface area contributed by atoms with Crippen LogP contribution in [-0.4, -0.2) is 34.6 Å². The van der Waals surface area contributed by atoms with Crippen LogP contribution in [0.3, 0.4) is 0 Å². The van der Waals surface area contributed by atoms with Gasteiger partial charge in [-0.25, -0.2) is 0 Å². The SMILES string of the molecule is NCC1C(Cl)C(Cl)C(CN)C(Cl)C1Cl. The summed E-state index contributed by atoms with van der Waals surface area (Å²) in [4.78, 5) is 0. The standard InChI is InChI=1S/C8H14Cl4N2/c9-5-3(1-13)6(10)8(12)4(2-14)7(5)11/h3-8H,1-2,13-14H2. The lowest BCUT2D eigenvalue weighted by Gasteiger charge is -2.42. The Bertz CT molecular complexity index is 156. The molecule has 0 radical (unpaired) electrons. The van der Waals surface area contributed by atoms with Gasteiger partial charge in [0.1, 0.15) is 0 Å². The number of hydrogen-bond donors (Lipinski definition) is 2. The maximum atomic E-state index is 6.16. The van der Waals surface area contributed by atoms with Crippen LogP contribution < -0.4 is 11.5 Å². The van der Waals surface area contributed by atoms with Gasteiger partial charge in [-0.15, -0.1) is 46.4 Å². The molecule has 4 N–H and O–H groups in total. The summed E-state index contributed by atoms with van der Waals surface area (Å²) in [7, 11) is 0. The Labute approximate surface area is 104 Å². The molecule has 14 heavy (non-hydrogen) atoms. The third-order valence-corrected chi connectivity index (χ3v) is 5.43. The molecule has 1 aliphatic rings. The Balaban J connectivity index is 2.81. The Kier molecular flexibility index (Phi) is 5.09. The van der Waals surface area contributed by atoms with E-state index in [0.717, 1.165) is 0 Å². The summed E-state index contributed by atoms with van der Waals surface area (Å²) in [5.41, 5.74) is 11.2. The Morgan fingerprint density at radius 3 is 1.00 bits per heavy atom. The molecule has 0 aromatic heterocycles. The Hall–Kier alpha value is 1.08. The third-order valence-electron chi connectivity index (χ3n) is 2.79. The highest BCUT2D eigenvalue weighted by molar-refractivity contribution is 6.35. The summed E-state index contributed by atoms with van der Waals surface area (Å²) >= 11 is 24.6. The van der Waals surface area contributed by atoms with Crippen molar-refractivity contribution in [3.05, 3.63) is 0 Å². The van der Waals surface area contributed by atoms with Gasteiger partial charge in [-0.05, 0) is 13.1 Å². The van der Waals surface area contributed by atoms with Crippen LogP contribution in [0.1, 0.15) is 0 Å². The third kappa shape index (κ3) is 2.26. The van der Waals surface area contributed by atoms with Crippen molar-refractivity contribution in [2.75, 3.05) is 13.1 Å². The lowest BCUT2D eigenvalue weighted by Crippen LogP contribution is -2.54. The fourth-order valence-electron chi connectivity index (χ4n) is 1.82. The van der Waals surface area contributed by atoms with Crippen molar-refractivity contribution in [1.29, 1.82) is 0 Å². The largest absolute Gasteiger partial charge is 0.330 e. The first kappa shape index (κ1) is 13.1. The molecule has 4 unspecified atom stereocenters. The zero-order valence-corrected chi connectivity index (χ0v) is 10.6. The molecule has 1 aliphatic carbocycles. The first-order valence-electron chi connectivity index (χ1n) is 4.51. The second-order valence-corrected chi connectivity index (χ2v) is 5.59. The molecular weight excluding hydrogens is 266 g/mol. The number of rotatable bonds is 2. The van der Waals surface area contributed by atoms with E-state index in [1.807, 2.05) is 0 Å². The number of alkyl halides is 4. The van der Waals surface area contributed by atoms with Gasteiger partial charge in [0.2, 0.25) is 0 Å². The van der Waals surface area contributed by atoms with E-state index in [0.29, 0.717) is 13.1 Å². The molecule has 4 atom stereocenters. The van der Waals surface area contributed by atoms with Crippen LogP contribution >= 0.6 is 46.4 Å². The van der Waals surface area contributed by atoms with Gasteiger partial charge in [-0.3, -0.25) is 0 Å². The van der Waals surface area contributed by atoms with Crippen LogP contribution in [0.5, 0.6) is 0 Å². The molecule has 2 nitrogen and oxygen atoms in total. The zero-order chi connectivity index (χ0) is 10.9. The van der Waals surface area contributed by atoms with Crippen LogP contribution in [0.15, 0.2) is 0 Å². The topological polar surface area (TPSA) is 52.0 Å². The van der Waals surface area contributed by atoms with Gasteiger partial charge in [0.25, 0.3) is 0 Å². The van der Waals surface area contributed by atoms with Gasteiger partial charge in [-0.2, -0.15) is 0 Å². The van der Waals surface area contributed by atoms with Gasteiger partial charge in [-0.1, -0.05) is 0 Å². The number of hydrogen-bond acceptors (Lipinski definition) is 2. The molecule has 1 saturated carbocycles. The second kappa shape index (κ2) is 5.42. The van der Waals surface area contributed by atoms with Crippen molar-refractivity contribution in [3.63, 3.8) is 0 Å². The van der Waals surface area contributed by atoms with Crippen LogP contribution in [0.25, 0.3) is 0 Å². The smallest absolute Gasteiger partial charge is 0.0558 e. The van der Waals surface area contributed by atoms with E-state index in [2.05, 4.69) is 0 Å². The van der Waals surface area contributed by atoms with Crippen molar-refractivity contribution in [2.24, 2.45) is 23.3 Å². The van der Waals surface area contributed by atoms with Crippen LogP contribution in [0, 0.1) is 11.8 Å². The average molecular weight is 280 g/mol. The molecule has 0 saturated heterocycles. The summed E-state index contributed by atoms with van der Waals surface area (Å²) in [6.45, 7) is 0.790. The predicted octanol–water partition coefficient (Wildman–Crippen LogP) is 1.58. The fraction of sp³-hybridized carbons (Fsp3) is 1.00. The van der Waals surface area contributed by atoms with Crippen LogP contribution in [0.2, 0.25) is 0 Å². The van der Waals surface area contributed by atoms with Gasteiger partial charge >= 0.3 is 0 Å². The second-order valence-electron chi connectivity index (χ2n) is 3.58. The highest BCUT2D eigenvalue weighted by Crippen LogP contribution is 2.41. The van der Waals surface area contributed by atoms with E-state index in [1.54, 1.807) is 0 Å². The molecule has 0 bridgehead atoms. The lowest BCUT2D eigenvalue weighted by molar-refractivity contribution is 0.309. The highest BCUT2D eigenvalue weighted by atomic mass is 35.5. The zero-order valence-electron chi connectivity index (χ0n) is 7.54. The van der Waals surface area contributed by atoms with Crippen molar-refractivity contribution in [2.45, 2.75) is 21.5 Å². The summed E-state index contributed by atoms with van der Waals surface area (Å²) in [6, 6.07) is 0. The molecule has 1 fully saturated rings. The molecule has 0 aromatic carbocycles. The van der Waals surface area contributed by atoms with Gasteiger partial charge in [0.15, 0.2) is 0 Å². The first-order chi connectivity index (χ1) is 6.54. The van der Waals surface area contributed by atoms with Gasteiger partial charge < -0.3 is 11.5 Å². The lowest BCUT2D eigenvalue weighted by atomic mass is 9.80. The van der Waals surface area contributed by atoms with E-state index in [4.69, 9.17) is 57.9 Å². The summed E-state index contributed by atoms with van der Waals surface area (Å²) in [6.07, 6.45) is 0. The molecule has 84 valence electrons. The summed E-state index contributed by atoms with van der Waals surface area (Å²) < 4.78 is 0. The monoisotopic (exact) mass is 278 g/mol. The first-order valence-corrected chi connectivity index (χ1v) is 6.25. The number of halogens is 4. The molecule has 6 heteroatoms. The normalized spacial score (nSPS) is 49.3. The van der Waals surface area contributed by atoms with Crippen molar-refractivity contribution in [3.8, 4) is 0 Å². The molecule has 1 rings (SSSR count). The fourth-order valence-corrected chi connectivity index (χ4v) is 3.75. The number of nitrogens with two attached hydrogens (primary N) is 2. The highest BCUT2D eigenvalue weighted by Gasteiger charge is 2.46.